The van der Waals surface area contributed by atoms with Crippen molar-refractivity contribution in [1.82, 2.24) is 5.32 Å². The number of allylic oxidation sites excluding steroid dienone is 3. The van der Waals surface area contributed by atoms with E-state index in [1.807, 2.05) is 36.4 Å². The fourth-order valence-electron chi connectivity index (χ4n) is 6.01. The minimum absolute atomic E-state index is 0.0644. The maximum atomic E-state index is 13.8. The van der Waals surface area contributed by atoms with Crippen LogP contribution in [0.2, 0.25) is 0 Å². The maximum Gasteiger partial charge on any atom is 0.415 e. The lowest BCUT2D eigenvalue weighted by atomic mass is 9.92. The Bertz CT molecular complexity index is 1820. The highest BCUT2D eigenvalue weighted by atomic mass is 19.4. The van der Waals surface area contributed by atoms with Crippen molar-refractivity contribution < 1.29 is 13.2 Å². The van der Waals surface area contributed by atoms with Gasteiger partial charge in [0.1, 0.15) is 0 Å². The number of nitrogens with zero attached hydrogens (tertiary/aromatic N) is 1. The summed E-state index contributed by atoms with van der Waals surface area (Å²) in [5, 5.41) is 13.1. The summed E-state index contributed by atoms with van der Waals surface area (Å²) in [6.45, 7) is 6.34. The number of fused-ring (bicyclic) bond motifs is 1. The molecule has 0 saturated heterocycles. The molecule has 0 spiro atoms. The van der Waals surface area contributed by atoms with E-state index in [2.05, 4.69) is 97.0 Å². The average molecular weight is 637 g/mol. The third-order valence-electron chi connectivity index (χ3n) is 8.94. The number of nitrogens with one attached hydrogen (secondary N) is 3. The van der Waals surface area contributed by atoms with E-state index in [-0.39, 0.29) is 6.04 Å². The standard InChI is InChI=1S/C40H43F3N4/c1-5-27-10-8-12-31(23-27)45-36(22-26(2)40(41,42)43)39(29-18-19-29)46-32-13-9-11-30(24-32)38(44-25-28-16-17-28)35-20-21-37(47(3)4)34-15-7-6-14-33(34)35/h6-15,20-24,28,38,44-46H,2,5,16-19,25H2,1,3-4H3/b36-22-. The van der Waals surface area contributed by atoms with Crippen molar-refractivity contribution in [2.45, 2.75) is 51.2 Å². The Hall–Kier alpha value is -4.49. The molecule has 0 radical (unpaired) electrons. The molecule has 2 fully saturated rings. The summed E-state index contributed by atoms with van der Waals surface area (Å²) in [6.07, 6.45) is 1.54. The van der Waals surface area contributed by atoms with Crippen LogP contribution >= 0.6 is 0 Å². The van der Waals surface area contributed by atoms with Gasteiger partial charge in [0.2, 0.25) is 0 Å². The second kappa shape index (κ2) is 13.7. The molecule has 6 rings (SSSR count). The SMILES string of the molecule is C=C(/C=C(\Nc1cccc(CC)c1)C(Nc1cccc(C(NCC2CC2)c2ccc(N(C)C)c3ccccc23)c1)=C1CC1)C(F)(F)F. The molecule has 0 bridgehead atoms. The van der Waals surface area contributed by atoms with Crippen LogP contribution in [0.3, 0.4) is 0 Å². The van der Waals surface area contributed by atoms with Crippen molar-refractivity contribution in [2.75, 3.05) is 36.2 Å². The van der Waals surface area contributed by atoms with Crippen LogP contribution in [0.25, 0.3) is 10.8 Å². The van der Waals surface area contributed by atoms with Crippen molar-refractivity contribution in [3.05, 3.63) is 137 Å². The van der Waals surface area contributed by atoms with Crippen molar-refractivity contribution in [1.29, 1.82) is 0 Å². The Morgan fingerprint density at radius 3 is 2.26 bits per heavy atom. The lowest BCUT2D eigenvalue weighted by Gasteiger charge is -2.25. The number of alkyl halides is 3. The molecule has 0 amide bonds. The normalized spacial score (nSPS) is 15.4. The molecule has 2 aliphatic carbocycles. The fourth-order valence-corrected chi connectivity index (χ4v) is 6.01. The second-order valence-corrected chi connectivity index (χ2v) is 12.9. The highest BCUT2D eigenvalue weighted by Crippen LogP contribution is 2.39. The summed E-state index contributed by atoms with van der Waals surface area (Å²) < 4.78 is 41.3. The van der Waals surface area contributed by atoms with Gasteiger partial charge in [-0.15, -0.1) is 0 Å². The third-order valence-corrected chi connectivity index (χ3v) is 8.94. The summed E-state index contributed by atoms with van der Waals surface area (Å²) in [5.41, 5.74) is 7.29. The predicted molar refractivity (Wildman–Crippen MR) is 190 cm³/mol. The van der Waals surface area contributed by atoms with E-state index in [1.165, 1.54) is 29.2 Å². The van der Waals surface area contributed by atoms with Crippen molar-refractivity contribution in [3.63, 3.8) is 0 Å². The first-order valence-electron chi connectivity index (χ1n) is 16.5. The second-order valence-electron chi connectivity index (χ2n) is 12.9. The number of hydrogen-bond donors (Lipinski definition) is 3. The van der Waals surface area contributed by atoms with E-state index in [4.69, 9.17) is 0 Å². The van der Waals surface area contributed by atoms with Gasteiger partial charge in [-0.3, -0.25) is 0 Å². The van der Waals surface area contributed by atoms with Crippen molar-refractivity contribution >= 4 is 27.8 Å². The van der Waals surface area contributed by atoms with Gasteiger partial charge in [-0.1, -0.05) is 68.1 Å². The first-order chi connectivity index (χ1) is 22.6. The highest BCUT2D eigenvalue weighted by Gasteiger charge is 2.32. The van der Waals surface area contributed by atoms with Crippen LogP contribution in [0.15, 0.2) is 120 Å². The predicted octanol–water partition coefficient (Wildman–Crippen LogP) is 10.1. The minimum Gasteiger partial charge on any atom is -0.377 e. The summed E-state index contributed by atoms with van der Waals surface area (Å²) in [7, 11) is 4.13. The number of anilines is 3. The van der Waals surface area contributed by atoms with Crippen LogP contribution in [0.5, 0.6) is 0 Å². The zero-order valence-electron chi connectivity index (χ0n) is 27.3. The Balaban J connectivity index is 1.37. The number of benzene rings is 4. The fraction of sp³-hybridized carbons (Fsp3) is 0.300. The van der Waals surface area contributed by atoms with Gasteiger partial charge in [-0.2, -0.15) is 13.2 Å². The Morgan fingerprint density at radius 2 is 1.60 bits per heavy atom. The van der Waals surface area contributed by atoms with Gasteiger partial charge in [-0.25, -0.2) is 0 Å². The number of halogens is 3. The van der Waals surface area contributed by atoms with Gasteiger partial charge in [0.15, 0.2) is 0 Å². The van der Waals surface area contributed by atoms with Gasteiger partial charge in [0.05, 0.1) is 23.0 Å². The molecule has 0 aliphatic heterocycles. The summed E-state index contributed by atoms with van der Waals surface area (Å²) in [6, 6.07) is 28.9. The molecule has 0 heterocycles. The van der Waals surface area contributed by atoms with Crippen LogP contribution < -0.4 is 20.9 Å². The molecule has 244 valence electrons. The zero-order valence-corrected chi connectivity index (χ0v) is 27.3. The summed E-state index contributed by atoms with van der Waals surface area (Å²) >= 11 is 0. The molecule has 3 N–H and O–H groups in total. The molecule has 4 nitrogen and oxygen atoms in total. The molecule has 4 aromatic rings. The van der Waals surface area contributed by atoms with Gasteiger partial charge in [0.25, 0.3) is 0 Å². The molecule has 7 heteroatoms. The van der Waals surface area contributed by atoms with E-state index in [1.54, 1.807) is 0 Å². The quantitative estimate of drug-likeness (QED) is 0.128. The maximum absolute atomic E-state index is 13.8. The van der Waals surface area contributed by atoms with Crippen LogP contribution in [-0.2, 0) is 6.42 Å². The number of rotatable bonds is 13. The monoisotopic (exact) mass is 636 g/mol. The van der Waals surface area contributed by atoms with Crippen molar-refractivity contribution in [3.8, 4) is 0 Å². The van der Waals surface area contributed by atoms with Gasteiger partial charge >= 0.3 is 6.18 Å². The molecule has 0 aromatic heterocycles. The van der Waals surface area contributed by atoms with E-state index < -0.39 is 11.7 Å². The van der Waals surface area contributed by atoms with Gasteiger partial charge in [-0.05, 0) is 109 Å². The first kappa shape index (κ1) is 32.5. The Kier molecular flexibility index (Phi) is 9.46. The molecular formula is C40H43F3N4. The lowest BCUT2D eigenvalue weighted by molar-refractivity contribution is -0.0878. The van der Waals surface area contributed by atoms with Crippen LogP contribution in [0.1, 0.15) is 55.3 Å². The molecular weight excluding hydrogens is 593 g/mol. The molecule has 2 saturated carbocycles. The lowest BCUT2D eigenvalue weighted by Crippen LogP contribution is -2.25. The first-order valence-corrected chi connectivity index (χ1v) is 16.5. The Morgan fingerprint density at radius 1 is 0.894 bits per heavy atom. The van der Waals surface area contributed by atoms with E-state index in [0.29, 0.717) is 17.3 Å². The van der Waals surface area contributed by atoms with E-state index in [9.17, 15) is 13.2 Å². The number of hydrogen-bond acceptors (Lipinski definition) is 4. The summed E-state index contributed by atoms with van der Waals surface area (Å²) in [4.78, 5) is 2.14. The van der Waals surface area contributed by atoms with Crippen LogP contribution in [0, 0.1) is 5.92 Å². The molecule has 4 aromatic carbocycles. The number of aryl methyl sites for hydroxylation is 1. The Labute approximate surface area is 276 Å². The third kappa shape index (κ3) is 7.91. The van der Waals surface area contributed by atoms with E-state index >= 15 is 0 Å². The molecule has 1 unspecified atom stereocenters. The zero-order chi connectivity index (χ0) is 33.1. The van der Waals surface area contributed by atoms with Gasteiger partial charge < -0.3 is 20.9 Å². The van der Waals surface area contributed by atoms with Crippen LogP contribution in [-0.4, -0.2) is 26.8 Å². The van der Waals surface area contributed by atoms with E-state index in [0.717, 1.165) is 65.6 Å². The average Bonchev–Trinajstić information content (AvgIpc) is 3.99. The topological polar surface area (TPSA) is 39.3 Å². The largest absolute Gasteiger partial charge is 0.415 e. The van der Waals surface area contributed by atoms with Crippen LogP contribution in [0.4, 0.5) is 30.2 Å². The van der Waals surface area contributed by atoms with Crippen molar-refractivity contribution in [2.24, 2.45) is 5.92 Å². The smallest absolute Gasteiger partial charge is 0.377 e. The van der Waals surface area contributed by atoms with Gasteiger partial charge in [0, 0.05) is 36.5 Å². The highest BCUT2D eigenvalue weighted by molar-refractivity contribution is 5.97. The minimum atomic E-state index is -4.54. The molecule has 2 aliphatic rings. The summed E-state index contributed by atoms with van der Waals surface area (Å²) in [5.74, 6) is 0.684. The molecule has 1 atom stereocenters. The molecule has 47 heavy (non-hydrogen) atoms.